The maximum absolute atomic E-state index is 13.1. The first-order chi connectivity index (χ1) is 14.6. The summed E-state index contributed by atoms with van der Waals surface area (Å²) in [6, 6.07) is 6.26. The maximum Gasteiger partial charge on any atom is 0.123 e. The van der Waals surface area contributed by atoms with Crippen LogP contribution < -0.4 is 20.3 Å². The number of aromatic amines is 1. The van der Waals surface area contributed by atoms with Gasteiger partial charge in [-0.3, -0.25) is 0 Å². The number of allylic oxidation sites excluding steroid dienone is 1. The molecule has 1 saturated carbocycles. The van der Waals surface area contributed by atoms with Crippen LogP contribution in [0.5, 0.6) is 5.75 Å². The zero-order valence-electron chi connectivity index (χ0n) is 16.9. The van der Waals surface area contributed by atoms with Crippen LogP contribution in [-0.4, -0.2) is 24.7 Å². The van der Waals surface area contributed by atoms with E-state index in [9.17, 15) is 4.39 Å². The summed E-state index contributed by atoms with van der Waals surface area (Å²) in [5.41, 5.74) is 3.57. The topological polar surface area (TPSA) is 53.0 Å². The second-order valence-corrected chi connectivity index (χ2v) is 8.58. The summed E-state index contributed by atoms with van der Waals surface area (Å²) < 4.78 is 19.2. The highest BCUT2D eigenvalue weighted by Crippen LogP contribution is 2.38. The van der Waals surface area contributed by atoms with Gasteiger partial charge in [0.25, 0.3) is 0 Å². The third-order valence-corrected chi connectivity index (χ3v) is 6.61. The maximum atomic E-state index is 13.1. The number of benzene rings is 1. The largest absolute Gasteiger partial charge is 0.490 e. The van der Waals surface area contributed by atoms with Crippen molar-refractivity contribution in [3.8, 4) is 5.75 Å². The molecule has 2 aromatic rings. The van der Waals surface area contributed by atoms with Crippen LogP contribution in [0.3, 0.4) is 0 Å². The lowest BCUT2D eigenvalue weighted by atomic mass is 9.81. The Labute approximate surface area is 179 Å². The Morgan fingerprint density at radius 3 is 2.70 bits per heavy atom. The summed E-state index contributed by atoms with van der Waals surface area (Å²) in [7, 11) is 2.09. The van der Waals surface area contributed by atoms with Gasteiger partial charge in [0, 0.05) is 24.2 Å². The number of hydrogen-bond acceptors (Lipinski definition) is 4. The van der Waals surface area contributed by atoms with Gasteiger partial charge in [0.15, 0.2) is 0 Å². The molecule has 1 aliphatic carbocycles. The molecule has 1 aromatic carbocycles. The molecular formula is C23H24ClFN4O. The molecule has 156 valence electrons. The molecule has 1 aromatic heterocycles. The van der Waals surface area contributed by atoms with Crippen molar-refractivity contribution < 1.29 is 9.13 Å². The first-order valence-corrected chi connectivity index (χ1v) is 10.8. The first-order valence-electron chi connectivity index (χ1n) is 10.4. The molecule has 0 radical (unpaired) electrons. The van der Waals surface area contributed by atoms with Crippen LogP contribution in [0.2, 0.25) is 0 Å². The number of azo groups is 1. The van der Waals surface area contributed by atoms with E-state index in [-0.39, 0.29) is 11.9 Å². The molecule has 3 aliphatic rings. The van der Waals surface area contributed by atoms with Crippen LogP contribution in [0.4, 0.5) is 10.1 Å². The number of likely N-dealkylation sites (N-methyl/N-ethyl adjacent to an activating group) is 1. The lowest BCUT2D eigenvalue weighted by Gasteiger charge is -2.30. The molecule has 30 heavy (non-hydrogen) atoms. The lowest BCUT2D eigenvalue weighted by Crippen LogP contribution is -2.28. The standard InChI is InChI=1S/C23H24ClFN4O/c1-29-11-10-19(24)21(22-23(29)18-12-26-27-13-20(18)28-22)14-2-6-16(7-3-14)30-17-8-4-15(25)5-9-17/h4-5,8-10,13-14,16,28H,2-3,6-7,11-12H2,1H3. The third kappa shape index (κ3) is 3.54. The van der Waals surface area contributed by atoms with Crippen LogP contribution in [0.25, 0.3) is 11.8 Å². The smallest absolute Gasteiger partial charge is 0.123 e. The summed E-state index contributed by atoms with van der Waals surface area (Å²) in [5, 5.41) is 11.2. The molecule has 0 saturated heterocycles. The zero-order chi connectivity index (χ0) is 20.7. The minimum Gasteiger partial charge on any atom is -0.490 e. The molecule has 3 heterocycles. The summed E-state index contributed by atoms with van der Waals surface area (Å²) in [6.45, 7) is 1.35. The van der Waals surface area contributed by atoms with E-state index in [1.807, 2.05) is 0 Å². The Morgan fingerprint density at radius 2 is 1.93 bits per heavy atom. The molecule has 5 rings (SSSR count). The van der Waals surface area contributed by atoms with Crippen LogP contribution >= 0.6 is 11.6 Å². The molecule has 0 bridgehead atoms. The van der Waals surface area contributed by atoms with Crippen molar-refractivity contribution in [3.63, 3.8) is 0 Å². The van der Waals surface area contributed by atoms with E-state index in [4.69, 9.17) is 16.3 Å². The molecule has 1 fully saturated rings. The Bertz CT molecular complexity index is 1130. The summed E-state index contributed by atoms with van der Waals surface area (Å²) in [5.74, 6) is 0.842. The first kappa shape index (κ1) is 19.4. The second-order valence-electron chi connectivity index (χ2n) is 8.18. The Hall–Kier alpha value is -2.60. The molecule has 2 aliphatic heterocycles. The minimum atomic E-state index is -0.246. The number of nitrogens with zero attached hydrogens (tertiary/aromatic N) is 3. The van der Waals surface area contributed by atoms with E-state index in [0.717, 1.165) is 53.7 Å². The van der Waals surface area contributed by atoms with E-state index in [1.54, 1.807) is 18.3 Å². The van der Waals surface area contributed by atoms with Gasteiger partial charge in [-0.2, -0.15) is 10.2 Å². The molecule has 0 atom stereocenters. The molecular weight excluding hydrogens is 403 g/mol. The molecule has 5 nitrogen and oxygen atoms in total. The summed E-state index contributed by atoms with van der Waals surface area (Å²) >= 11 is 6.81. The van der Waals surface area contributed by atoms with Gasteiger partial charge in [-0.05, 0) is 67.5 Å². The van der Waals surface area contributed by atoms with Gasteiger partial charge in [-0.15, -0.1) is 0 Å². The van der Waals surface area contributed by atoms with E-state index in [1.165, 1.54) is 29.0 Å². The number of halogens is 2. The Balaban J connectivity index is 1.43. The highest BCUT2D eigenvalue weighted by molar-refractivity contribution is 6.36. The van der Waals surface area contributed by atoms with Crippen molar-refractivity contribution in [2.24, 2.45) is 16.1 Å². The van der Waals surface area contributed by atoms with Gasteiger partial charge in [-0.1, -0.05) is 11.6 Å². The molecule has 7 heteroatoms. The fourth-order valence-corrected chi connectivity index (χ4v) is 5.07. The quantitative estimate of drug-likeness (QED) is 0.798. The number of aromatic nitrogens is 1. The Kier molecular flexibility index (Phi) is 5.11. The third-order valence-electron chi connectivity index (χ3n) is 6.26. The van der Waals surface area contributed by atoms with Crippen molar-refractivity contribution in [3.05, 3.63) is 57.5 Å². The van der Waals surface area contributed by atoms with E-state index < -0.39 is 0 Å². The van der Waals surface area contributed by atoms with Crippen molar-refractivity contribution in [1.82, 2.24) is 4.98 Å². The minimum absolute atomic E-state index is 0.144. The SMILES string of the molecule is CN1CC=C(Cl)C(C2CCC(Oc3ccc(F)cc3)CC2)=c2[nH]c3c(c21)CN=NC=3. The predicted octanol–water partition coefficient (Wildman–Crippen LogP) is 4.22. The van der Waals surface area contributed by atoms with E-state index >= 15 is 0 Å². The van der Waals surface area contributed by atoms with E-state index in [0.29, 0.717) is 12.5 Å². The fourth-order valence-electron chi connectivity index (χ4n) is 4.76. The highest BCUT2D eigenvalue weighted by Gasteiger charge is 2.30. The number of anilines is 1. The van der Waals surface area contributed by atoms with Crippen molar-refractivity contribution in [1.29, 1.82) is 0 Å². The number of H-pyrrole nitrogens is 1. The van der Waals surface area contributed by atoms with E-state index in [2.05, 4.69) is 33.2 Å². The van der Waals surface area contributed by atoms with Crippen molar-refractivity contribution in [2.45, 2.75) is 38.3 Å². The van der Waals surface area contributed by atoms with Gasteiger partial charge < -0.3 is 14.6 Å². The van der Waals surface area contributed by atoms with Crippen LogP contribution in [0.15, 0.2) is 45.6 Å². The number of rotatable bonds is 3. The summed E-state index contributed by atoms with van der Waals surface area (Å²) in [6.07, 6.45) is 7.92. The van der Waals surface area contributed by atoms with Gasteiger partial charge in [0.05, 0.1) is 35.2 Å². The zero-order valence-corrected chi connectivity index (χ0v) is 17.6. The second kappa shape index (κ2) is 7.91. The van der Waals surface area contributed by atoms with Crippen LogP contribution in [0.1, 0.15) is 31.2 Å². The Morgan fingerprint density at radius 1 is 1.17 bits per heavy atom. The average molecular weight is 427 g/mol. The predicted molar refractivity (Wildman–Crippen MR) is 116 cm³/mol. The normalized spacial score (nSPS) is 23.2. The molecule has 1 N–H and O–H groups in total. The van der Waals surface area contributed by atoms with Gasteiger partial charge in [-0.25, -0.2) is 4.39 Å². The van der Waals surface area contributed by atoms with Gasteiger partial charge in [0.2, 0.25) is 0 Å². The number of hydrogen-bond donors (Lipinski definition) is 1. The van der Waals surface area contributed by atoms with Crippen LogP contribution in [0, 0.1) is 11.7 Å². The monoisotopic (exact) mass is 426 g/mol. The van der Waals surface area contributed by atoms with Gasteiger partial charge >= 0.3 is 0 Å². The van der Waals surface area contributed by atoms with Crippen LogP contribution in [-0.2, 0) is 6.54 Å². The molecule has 0 amide bonds. The average Bonchev–Trinajstić information content (AvgIpc) is 3.08. The lowest BCUT2D eigenvalue weighted by molar-refractivity contribution is 0.143. The highest BCUT2D eigenvalue weighted by atomic mass is 35.5. The number of fused-ring (bicyclic) bond motifs is 3. The fraction of sp³-hybridized carbons (Fsp3) is 0.391. The number of ether oxygens (including phenoxy) is 1. The van der Waals surface area contributed by atoms with Crippen molar-refractivity contribution in [2.75, 3.05) is 18.5 Å². The molecule has 0 unspecified atom stereocenters. The molecule has 0 spiro atoms. The summed E-state index contributed by atoms with van der Waals surface area (Å²) in [4.78, 5) is 5.81. The van der Waals surface area contributed by atoms with Crippen molar-refractivity contribution >= 4 is 29.1 Å². The number of nitrogens with one attached hydrogen (secondary N) is 1. The van der Waals surface area contributed by atoms with Gasteiger partial charge in [0.1, 0.15) is 11.6 Å².